The van der Waals surface area contributed by atoms with E-state index in [1.165, 1.54) is 0 Å². The van der Waals surface area contributed by atoms with Crippen LogP contribution in [-0.2, 0) is 9.59 Å². The third-order valence-corrected chi connectivity index (χ3v) is 4.31. The van der Waals surface area contributed by atoms with Crippen molar-refractivity contribution < 1.29 is 9.59 Å². The van der Waals surface area contributed by atoms with Crippen LogP contribution >= 0.6 is 11.3 Å². The van der Waals surface area contributed by atoms with Crippen LogP contribution in [0.2, 0.25) is 0 Å². The molecule has 0 aliphatic carbocycles. The molecule has 3 aliphatic rings. The summed E-state index contributed by atoms with van der Waals surface area (Å²) in [5.41, 5.74) is -0.572. The average molecular weight is 236 g/mol. The quantitative estimate of drug-likeness (QED) is 0.709. The molecule has 0 aromatic carbocycles. The second-order valence-corrected chi connectivity index (χ2v) is 5.59. The SMILES string of the molecule is CC12CC(c3cccs3)C(C(=O)N1)C(=O)N2. The van der Waals surface area contributed by atoms with Crippen molar-refractivity contribution in [3.8, 4) is 0 Å². The van der Waals surface area contributed by atoms with E-state index in [0.717, 1.165) is 11.3 Å². The molecule has 4 heterocycles. The first kappa shape index (κ1) is 9.84. The monoisotopic (exact) mass is 236 g/mol. The van der Waals surface area contributed by atoms with Gasteiger partial charge in [0.05, 0.1) is 0 Å². The summed E-state index contributed by atoms with van der Waals surface area (Å²) in [5, 5.41) is 7.68. The van der Waals surface area contributed by atoms with Crippen LogP contribution in [0.3, 0.4) is 0 Å². The molecule has 16 heavy (non-hydrogen) atoms. The number of amides is 2. The predicted molar refractivity (Wildman–Crippen MR) is 59.9 cm³/mol. The Balaban J connectivity index is 2.03. The molecule has 0 saturated carbocycles. The zero-order valence-electron chi connectivity index (χ0n) is 8.82. The standard InChI is InChI=1S/C11H12N2O2S/c1-11-5-6(7-3-2-4-16-7)8(9(14)12-11)10(15)13-11/h2-4,6,8H,5H2,1H3,(H,12,14)(H,13,15). The van der Waals surface area contributed by atoms with Gasteiger partial charge in [0, 0.05) is 10.8 Å². The van der Waals surface area contributed by atoms with E-state index < -0.39 is 11.6 Å². The Morgan fingerprint density at radius 1 is 1.38 bits per heavy atom. The van der Waals surface area contributed by atoms with Crippen molar-refractivity contribution in [3.63, 3.8) is 0 Å². The van der Waals surface area contributed by atoms with Gasteiger partial charge in [-0.2, -0.15) is 0 Å². The molecule has 2 N–H and O–H groups in total. The van der Waals surface area contributed by atoms with Crippen LogP contribution in [0.4, 0.5) is 0 Å². The predicted octanol–water partition coefficient (Wildman–Crippen LogP) is 0.814. The summed E-state index contributed by atoms with van der Waals surface area (Å²) in [6.07, 6.45) is 0.773. The molecule has 84 valence electrons. The molecule has 1 unspecified atom stereocenters. The molecule has 3 saturated heterocycles. The smallest absolute Gasteiger partial charge is 0.235 e. The highest BCUT2D eigenvalue weighted by atomic mass is 32.1. The van der Waals surface area contributed by atoms with E-state index in [1.54, 1.807) is 11.3 Å². The van der Waals surface area contributed by atoms with Crippen LogP contribution in [0, 0.1) is 5.92 Å². The summed E-state index contributed by atoms with van der Waals surface area (Å²) in [4.78, 5) is 24.7. The largest absolute Gasteiger partial charge is 0.333 e. The van der Waals surface area contributed by atoms with Crippen LogP contribution in [0.25, 0.3) is 0 Å². The molecule has 0 radical (unpaired) electrons. The topological polar surface area (TPSA) is 58.2 Å². The molecule has 1 atom stereocenters. The summed E-state index contributed by atoms with van der Waals surface area (Å²) in [6, 6.07) is 3.96. The Labute approximate surface area is 97.0 Å². The highest BCUT2D eigenvalue weighted by molar-refractivity contribution is 7.10. The summed E-state index contributed by atoms with van der Waals surface area (Å²) in [7, 11) is 0. The maximum absolute atomic E-state index is 11.8. The van der Waals surface area contributed by atoms with Crippen molar-refractivity contribution in [2.24, 2.45) is 5.92 Å². The molecule has 0 spiro atoms. The van der Waals surface area contributed by atoms with Crippen molar-refractivity contribution in [1.29, 1.82) is 0 Å². The van der Waals surface area contributed by atoms with Gasteiger partial charge in [-0.05, 0) is 24.8 Å². The van der Waals surface area contributed by atoms with Crippen LogP contribution in [-0.4, -0.2) is 17.5 Å². The van der Waals surface area contributed by atoms with Gasteiger partial charge in [0.15, 0.2) is 0 Å². The first-order valence-corrected chi connectivity index (χ1v) is 6.14. The highest BCUT2D eigenvalue weighted by Gasteiger charge is 2.53. The Hall–Kier alpha value is -1.36. The fraction of sp³-hybridized carbons (Fsp3) is 0.455. The van der Waals surface area contributed by atoms with Crippen LogP contribution in [0.5, 0.6) is 0 Å². The minimum atomic E-state index is -0.572. The molecule has 4 nitrogen and oxygen atoms in total. The maximum Gasteiger partial charge on any atom is 0.235 e. The second-order valence-electron chi connectivity index (χ2n) is 4.61. The Morgan fingerprint density at radius 3 is 2.56 bits per heavy atom. The van der Waals surface area contributed by atoms with Gasteiger partial charge in [0.1, 0.15) is 11.6 Å². The highest BCUT2D eigenvalue weighted by Crippen LogP contribution is 2.41. The number of nitrogens with one attached hydrogen (secondary N) is 2. The lowest BCUT2D eigenvalue weighted by Crippen LogP contribution is -2.72. The van der Waals surface area contributed by atoms with Crippen molar-refractivity contribution >= 4 is 23.2 Å². The second kappa shape index (κ2) is 3.07. The molecule has 1 aromatic heterocycles. The number of hydrogen-bond acceptors (Lipinski definition) is 3. The molecule has 5 heteroatoms. The number of carbonyl (C=O) groups excluding carboxylic acids is 2. The van der Waals surface area contributed by atoms with E-state index in [9.17, 15) is 9.59 Å². The van der Waals surface area contributed by atoms with E-state index in [1.807, 2.05) is 24.4 Å². The summed E-state index contributed by atoms with van der Waals surface area (Å²) in [6.45, 7) is 1.86. The molecule has 2 bridgehead atoms. The van der Waals surface area contributed by atoms with Crippen LogP contribution in [0.1, 0.15) is 24.1 Å². The van der Waals surface area contributed by atoms with Gasteiger partial charge >= 0.3 is 0 Å². The number of piperidine rings is 2. The fourth-order valence-electron chi connectivity index (χ4n) is 2.64. The number of rotatable bonds is 1. The van der Waals surface area contributed by atoms with E-state index in [-0.39, 0.29) is 17.7 Å². The molecular formula is C11H12N2O2S. The summed E-state index contributed by atoms with van der Waals surface area (Å²) >= 11 is 1.61. The molecular weight excluding hydrogens is 224 g/mol. The molecule has 3 aliphatic heterocycles. The molecule has 4 rings (SSSR count). The van der Waals surface area contributed by atoms with Crippen LogP contribution in [0.15, 0.2) is 17.5 Å². The van der Waals surface area contributed by atoms with Crippen molar-refractivity contribution in [2.45, 2.75) is 24.9 Å². The lowest BCUT2D eigenvalue weighted by atomic mass is 9.74. The Bertz CT molecular complexity index is 437. The van der Waals surface area contributed by atoms with Gasteiger partial charge in [-0.3, -0.25) is 9.59 Å². The van der Waals surface area contributed by atoms with Gasteiger partial charge in [-0.1, -0.05) is 6.07 Å². The van der Waals surface area contributed by atoms with Gasteiger partial charge in [0.25, 0.3) is 0 Å². The minimum Gasteiger partial charge on any atom is -0.333 e. The van der Waals surface area contributed by atoms with E-state index in [4.69, 9.17) is 0 Å². The van der Waals surface area contributed by atoms with E-state index in [2.05, 4.69) is 10.6 Å². The first-order chi connectivity index (χ1) is 7.59. The van der Waals surface area contributed by atoms with Crippen molar-refractivity contribution in [3.05, 3.63) is 22.4 Å². The number of fused-ring (bicyclic) bond motifs is 3. The Morgan fingerprint density at radius 2 is 2.06 bits per heavy atom. The van der Waals surface area contributed by atoms with Gasteiger partial charge in [-0.15, -0.1) is 11.3 Å². The number of hydrogen-bond donors (Lipinski definition) is 2. The molecule has 1 aromatic rings. The van der Waals surface area contributed by atoms with Gasteiger partial charge < -0.3 is 10.6 Å². The zero-order chi connectivity index (χ0) is 11.3. The van der Waals surface area contributed by atoms with E-state index in [0.29, 0.717) is 0 Å². The molecule has 2 amide bonds. The first-order valence-electron chi connectivity index (χ1n) is 5.26. The molecule has 3 fully saturated rings. The third kappa shape index (κ3) is 1.28. The van der Waals surface area contributed by atoms with Crippen LogP contribution < -0.4 is 10.6 Å². The lowest BCUT2D eigenvalue weighted by molar-refractivity contribution is -0.149. The van der Waals surface area contributed by atoms with E-state index >= 15 is 0 Å². The Kier molecular flexibility index (Phi) is 1.89. The number of carbonyl (C=O) groups is 2. The van der Waals surface area contributed by atoms with Gasteiger partial charge in [-0.25, -0.2) is 0 Å². The van der Waals surface area contributed by atoms with Crippen molar-refractivity contribution in [2.75, 3.05) is 0 Å². The van der Waals surface area contributed by atoms with Gasteiger partial charge in [0.2, 0.25) is 11.8 Å². The minimum absolute atomic E-state index is 0.0347. The van der Waals surface area contributed by atoms with Crippen molar-refractivity contribution in [1.82, 2.24) is 10.6 Å². The summed E-state index contributed by atoms with van der Waals surface area (Å²) in [5.74, 6) is -0.806. The fourth-order valence-corrected chi connectivity index (χ4v) is 3.51. The maximum atomic E-state index is 11.8. The zero-order valence-corrected chi connectivity index (χ0v) is 9.64. The lowest BCUT2D eigenvalue weighted by Gasteiger charge is -2.48. The third-order valence-electron chi connectivity index (χ3n) is 3.30. The normalized spacial score (nSPS) is 37.1. The number of thiophene rings is 1. The summed E-state index contributed by atoms with van der Waals surface area (Å²) < 4.78 is 0. The average Bonchev–Trinajstić information content (AvgIpc) is 2.66.